The van der Waals surface area contributed by atoms with Crippen LogP contribution >= 0.6 is 11.3 Å². The van der Waals surface area contributed by atoms with Crippen LogP contribution in [0.4, 0.5) is 0 Å². The summed E-state index contributed by atoms with van der Waals surface area (Å²) in [6, 6.07) is 16.2. The third-order valence-corrected chi connectivity index (χ3v) is 5.17. The first-order valence-corrected chi connectivity index (χ1v) is 9.68. The molecular formula is C21H17N3O3S. The van der Waals surface area contributed by atoms with Gasteiger partial charge >= 0.3 is 0 Å². The first-order valence-electron chi connectivity index (χ1n) is 8.80. The number of hydrogen-bond acceptors (Lipinski definition) is 6. The van der Waals surface area contributed by atoms with Gasteiger partial charge in [-0.3, -0.25) is 9.59 Å². The molecule has 28 heavy (non-hydrogen) atoms. The van der Waals surface area contributed by atoms with Gasteiger partial charge in [0.1, 0.15) is 5.69 Å². The minimum Gasteiger partial charge on any atom is -0.356 e. The Hall–Kier alpha value is -3.32. The van der Waals surface area contributed by atoms with Gasteiger partial charge in [-0.25, -0.2) is 4.68 Å². The Morgan fingerprint density at radius 2 is 1.96 bits per heavy atom. The Labute approximate surface area is 165 Å². The number of thiophene rings is 1. The zero-order valence-electron chi connectivity index (χ0n) is 15.2. The van der Waals surface area contributed by atoms with Crippen LogP contribution in [0.25, 0.3) is 21.9 Å². The lowest BCUT2D eigenvalue weighted by molar-refractivity contribution is 0.0975. The second-order valence-electron chi connectivity index (χ2n) is 6.32. The summed E-state index contributed by atoms with van der Waals surface area (Å²) in [6.45, 7) is 2.03. The van der Waals surface area contributed by atoms with Gasteiger partial charge < -0.3 is 4.52 Å². The number of Topliss-reactive ketones (excluding diaryl/α,β-unsaturated/α-hetero) is 1. The highest BCUT2D eigenvalue weighted by molar-refractivity contribution is 7.13. The largest absolute Gasteiger partial charge is 0.356 e. The van der Waals surface area contributed by atoms with Crippen LogP contribution in [0.1, 0.15) is 22.5 Å². The molecule has 0 saturated carbocycles. The predicted octanol–water partition coefficient (Wildman–Crippen LogP) is 4.21. The van der Waals surface area contributed by atoms with Gasteiger partial charge in [-0.1, -0.05) is 41.6 Å². The molecule has 0 atom stereocenters. The molecule has 1 aromatic carbocycles. The number of carbonyl (C=O) groups excluding carboxylic acids is 1. The van der Waals surface area contributed by atoms with Crippen LogP contribution in [0, 0.1) is 6.92 Å². The molecule has 3 heterocycles. The Bertz CT molecular complexity index is 1160. The van der Waals surface area contributed by atoms with E-state index in [1.165, 1.54) is 22.1 Å². The van der Waals surface area contributed by atoms with Crippen LogP contribution in [0.2, 0.25) is 0 Å². The number of hydrogen-bond donors (Lipinski definition) is 0. The molecule has 140 valence electrons. The zero-order valence-corrected chi connectivity index (χ0v) is 16.0. The monoisotopic (exact) mass is 391 g/mol. The molecule has 0 saturated heterocycles. The minimum atomic E-state index is -0.287. The summed E-state index contributed by atoms with van der Waals surface area (Å²) in [4.78, 5) is 25.9. The summed E-state index contributed by atoms with van der Waals surface area (Å²) in [5.41, 5.74) is 2.30. The normalized spacial score (nSPS) is 10.9. The Balaban J connectivity index is 1.68. The summed E-state index contributed by atoms with van der Waals surface area (Å²) < 4.78 is 6.69. The average Bonchev–Trinajstić information content (AvgIpc) is 3.39. The molecule has 0 N–H and O–H groups in total. The lowest BCUT2D eigenvalue weighted by Gasteiger charge is -2.09. The maximum atomic E-state index is 12.6. The first kappa shape index (κ1) is 18.1. The van der Waals surface area contributed by atoms with Crippen molar-refractivity contribution in [3.63, 3.8) is 0 Å². The van der Waals surface area contributed by atoms with Crippen LogP contribution < -0.4 is 5.56 Å². The molecular weight excluding hydrogens is 374 g/mol. The van der Waals surface area contributed by atoms with E-state index in [0.29, 0.717) is 22.6 Å². The standard InChI is InChI=1S/C21H17N3O3S/c1-14-12-18(27-23-14)16-13-20(26)24(22-21(16)19-8-5-11-28-19)10-9-17(25)15-6-3-2-4-7-15/h2-8,11-13H,9-10H2,1H3. The molecule has 0 aliphatic rings. The summed E-state index contributed by atoms with van der Waals surface area (Å²) >= 11 is 1.52. The molecule has 0 amide bonds. The summed E-state index contributed by atoms with van der Waals surface area (Å²) in [5.74, 6) is 0.472. The summed E-state index contributed by atoms with van der Waals surface area (Å²) in [7, 11) is 0. The summed E-state index contributed by atoms with van der Waals surface area (Å²) in [5, 5.41) is 10.4. The molecule has 0 bridgehead atoms. The van der Waals surface area contributed by atoms with Crippen LogP contribution in [-0.2, 0) is 6.54 Å². The van der Waals surface area contributed by atoms with E-state index in [1.807, 2.05) is 42.6 Å². The van der Waals surface area contributed by atoms with Gasteiger partial charge in [-0.2, -0.15) is 5.10 Å². The van der Waals surface area contributed by atoms with Crippen molar-refractivity contribution in [2.24, 2.45) is 0 Å². The van der Waals surface area contributed by atoms with Gasteiger partial charge in [0, 0.05) is 24.1 Å². The van der Waals surface area contributed by atoms with Crippen LogP contribution in [-0.4, -0.2) is 20.7 Å². The fourth-order valence-electron chi connectivity index (χ4n) is 2.90. The molecule has 4 aromatic rings. The number of aryl methyl sites for hydroxylation is 2. The number of benzene rings is 1. The van der Waals surface area contributed by atoms with Crippen LogP contribution in [0.3, 0.4) is 0 Å². The second kappa shape index (κ2) is 7.74. The van der Waals surface area contributed by atoms with E-state index < -0.39 is 0 Å². The quantitative estimate of drug-likeness (QED) is 0.460. The highest BCUT2D eigenvalue weighted by Crippen LogP contribution is 2.32. The van der Waals surface area contributed by atoms with Gasteiger partial charge in [0.05, 0.1) is 22.7 Å². The van der Waals surface area contributed by atoms with E-state index in [0.717, 1.165) is 10.6 Å². The van der Waals surface area contributed by atoms with Crippen molar-refractivity contribution in [1.29, 1.82) is 0 Å². The Morgan fingerprint density at radius 3 is 2.64 bits per heavy atom. The molecule has 0 fully saturated rings. The van der Waals surface area contributed by atoms with E-state index in [9.17, 15) is 9.59 Å². The van der Waals surface area contributed by atoms with E-state index in [2.05, 4.69) is 10.3 Å². The Kier molecular flexibility index (Phi) is 4.99. The van der Waals surface area contributed by atoms with Crippen molar-refractivity contribution < 1.29 is 9.32 Å². The highest BCUT2D eigenvalue weighted by atomic mass is 32.1. The maximum Gasteiger partial charge on any atom is 0.267 e. The molecule has 7 heteroatoms. The molecule has 6 nitrogen and oxygen atoms in total. The summed E-state index contributed by atoms with van der Waals surface area (Å²) in [6.07, 6.45) is 0.196. The molecule has 0 radical (unpaired) electrons. The van der Waals surface area contributed by atoms with E-state index in [4.69, 9.17) is 4.52 Å². The van der Waals surface area contributed by atoms with Gasteiger partial charge in [0.2, 0.25) is 0 Å². The number of ketones is 1. The lowest BCUT2D eigenvalue weighted by atomic mass is 10.1. The van der Waals surface area contributed by atoms with Crippen molar-refractivity contribution in [2.45, 2.75) is 19.9 Å². The fourth-order valence-corrected chi connectivity index (χ4v) is 3.62. The lowest BCUT2D eigenvalue weighted by Crippen LogP contribution is -2.24. The average molecular weight is 391 g/mol. The van der Waals surface area contributed by atoms with Crippen molar-refractivity contribution >= 4 is 17.1 Å². The van der Waals surface area contributed by atoms with E-state index >= 15 is 0 Å². The molecule has 0 spiro atoms. The number of carbonyl (C=O) groups is 1. The second-order valence-corrected chi connectivity index (χ2v) is 7.26. The van der Waals surface area contributed by atoms with Gasteiger partial charge in [0.15, 0.2) is 11.5 Å². The van der Waals surface area contributed by atoms with Crippen LogP contribution in [0.15, 0.2) is 69.3 Å². The predicted molar refractivity (Wildman–Crippen MR) is 107 cm³/mol. The SMILES string of the molecule is Cc1cc(-c2cc(=O)n(CCC(=O)c3ccccc3)nc2-c2cccs2)on1. The molecule has 4 rings (SSSR count). The van der Waals surface area contributed by atoms with Gasteiger partial charge in [0.25, 0.3) is 5.56 Å². The first-order chi connectivity index (χ1) is 13.6. The molecule has 3 aromatic heterocycles. The van der Waals surface area contributed by atoms with Crippen molar-refractivity contribution in [3.05, 3.63) is 81.6 Å². The number of aromatic nitrogens is 3. The zero-order chi connectivity index (χ0) is 19.5. The third-order valence-electron chi connectivity index (χ3n) is 4.29. The van der Waals surface area contributed by atoms with Gasteiger partial charge in [-0.05, 0) is 18.4 Å². The Morgan fingerprint density at radius 1 is 1.14 bits per heavy atom. The third kappa shape index (κ3) is 3.70. The number of rotatable bonds is 6. The topological polar surface area (TPSA) is 78.0 Å². The molecule has 0 aliphatic carbocycles. The van der Waals surface area contributed by atoms with Crippen molar-refractivity contribution in [3.8, 4) is 21.9 Å². The van der Waals surface area contributed by atoms with E-state index in [1.54, 1.807) is 18.2 Å². The molecule has 0 unspecified atom stereocenters. The van der Waals surface area contributed by atoms with Gasteiger partial charge in [-0.15, -0.1) is 11.3 Å². The highest BCUT2D eigenvalue weighted by Gasteiger charge is 2.17. The fraction of sp³-hybridized carbons (Fsp3) is 0.143. The van der Waals surface area contributed by atoms with E-state index in [-0.39, 0.29) is 24.3 Å². The number of nitrogens with zero attached hydrogens (tertiary/aromatic N) is 3. The minimum absolute atomic E-state index is 0.0260. The smallest absolute Gasteiger partial charge is 0.267 e. The van der Waals surface area contributed by atoms with Crippen molar-refractivity contribution in [2.75, 3.05) is 0 Å². The van der Waals surface area contributed by atoms with Crippen LogP contribution in [0.5, 0.6) is 0 Å². The van der Waals surface area contributed by atoms with Crippen molar-refractivity contribution in [1.82, 2.24) is 14.9 Å². The molecule has 0 aliphatic heterocycles. The maximum absolute atomic E-state index is 12.6.